The number of nitrogens with one attached hydrogen (secondary N) is 1. The molecule has 0 unspecified atom stereocenters. The van der Waals surface area contributed by atoms with E-state index in [2.05, 4.69) is 4.98 Å². The highest BCUT2D eigenvalue weighted by Crippen LogP contribution is 2.15. The third-order valence-corrected chi connectivity index (χ3v) is 2.98. The van der Waals surface area contributed by atoms with Gasteiger partial charge in [0.15, 0.2) is 0 Å². The summed E-state index contributed by atoms with van der Waals surface area (Å²) in [6.07, 6.45) is 1.79. The number of nitrogens with zero attached hydrogens (tertiary/aromatic N) is 1. The minimum atomic E-state index is -1.05. The highest BCUT2D eigenvalue weighted by molar-refractivity contribution is 5.99. The van der Waals surface area contributed by atoms with Gasteiger partial charge in [0, 0.05) is 30.9 Å². The van der Waals surface area contributed by atoms with Gasteiger partial charge in [-0.3, -0.25) is 9.59 Å². The van der Waals surface area contributed by atoms with Gasteiger partial charge in [-0.15, -0.1) is 0 Å². The van der Waals surface area contributed by atoms with E-state index in [9.17, 15) is 9.59 Å². The fourth-order valence-electron chi connectivity index (χ4n) is 1.98. The first-order chi connectivity index (χ1) is 9.61. The number of methoxy groups -OCH3 is 1. The van der Waals surface area contributed by atoms with Crippen LogP contribution in [0.4, 0.5) is 0 Å². The van der Waals surface area contributed by atoms with Crippen molar-refractivity contribution in [1.29, 1.82) is 0 Å². The summed E-state index contributed by atoms with van der Waals surface area (Å²) in [5, 5.41) is 9.88. The molecule has 0 saturated heterocycles. The van der Waals surface area contributed by atoms with E-state index in [1.165, 1.54) is 12.0 Å². The molecule has 2 N–H and O–H groups in total. The van der Waals surface area contributed by atoms with Gasteiger partial charge in [-0.1, -0.05) is 6.07 Å². The van der Waals surface area contributed by atoms with E-state index >= 15 is 0 Å². The molecule has 20 heavy (non-hydrogen) atoms. The van der Waals surface area contributed by atoms with Crippen LogP contribution < -0.4 is 0 Å². The fraction of sp³-hybridized carbons (Fsp3) is 0.286. The Hall–Kier alpha value is -2.34. The maximum absolute atomic E-state index is 12.3. The van der Waals surface area contributed by atoms with Crippen molar-refractivity contribution < 1.29 is 19.4 Å². The average molecular weight is 276 g/mol. The van der Waals surface area contributed by atoms with Gasteiger partial charge in [0.2, 0.25) is 0 Å². The lowest BCUT2D eigenvalue weighted by Gasteiger charge is -2.20. The first-order valence-corrected chi connectivity index (χ1v) is 6.19. The summed E-state index contributed by atoms with van der Waals surface area (Å²) < 4.78 is 4.90. The number of aromatic nitrogens is 1. The van der Waals surface area contributed by atoms with Crippen LogP contribution in [0.25, 0.3) is 10.9 Å². The van der Waals surface area contributed by atoms with Crippen LogP contribution in [0, 0.1) is 0 Å². The molecule has 6 heteroatoms. The van der Waals surface area contributed by atoms with E-state index in [0.29, 0.717) is 12.2 Å². The molecular formula is C14H16N2O4. The molecule has 1 aromatic heterocycles. The molecule has 0 atom stereocenters. The molecule has 106 valence electrons. The number of aromatic amines is 1. The maximum atomic E-state index is 12.3. The van der Waals surface area contributed by atoms with Gasteiger partial charge in [0.25, 0.3) is 5.91 Å². The number of carboxylic acids is 1. The smallest absolute Gasteiger partial charge is 0.323 e. The Morgan fingerprint density at radius 3 is 2.85 bits per heavy atom. The number of hydrogen-bond donors (Lipinski definition) is 2. The Balaban J connectivity index is 2.22. The number of benzene rings is 1. The Labute approximate surface area is 116 Å². The molecule has 0 spiro atoms. The number of carbonyl (C=O) groups is 2. The number of carboxylic acid groups (broad SMARTS) is 1. The van der Waals surface area contributed by atoms with E-state index in [1.54, 1.807) is 18.3 Å². The van der Waals surface area contributed by atoms with Gasteiger partial charge in [0.1, 0.15) is 6.54 Å². The Morgan fingerprint density at radius 2 is 2.15 bits per heavy atom. The first-order valence-electron chi connectivity index (χ1n) is 6.19. The summed E-state index contributed by atoms with van der Waals surface area (Å²) >= 11 is 0. The number of fused-ring (bicyclic) bond motifs is 1. The van der Waals surface area contributed by atoms with Crippen molar-refractivity contribution in [3.05, 3.63) is 36.0 Å². The molecule has 1 amide bonds. The molecule has 0 aliphatic rings. The zero-order chi connectivity index (χ0) is 14.5. The first kappa shape index (κ1) is 14.1. The number of aliphatic carboxylic acids is 1. The molecule has 6 nitrogen and oxygen atoms in total. The molecule has 2 rings (SSSR count). The zero-order valence-corrected chi connectivity index (χ0v) is 11.1. The van der Waals surface area contributed by atoms with Crippen LogP contribution >= 0.6 is 0 Å². The number of rotatable bonds is 6. The molecule has 1 heterocycles. The Morgan fingerprint density at radius 1 is 1.35 bits per heavy atom. The second-order valence-electron chi connectivity index (χ2n) is 4.39. The normalized spacial score (nSPS) is 10.7. The zero-order valence-electron chi connectivity index (χ0n) is 11.1. The van der Waals surface area contributed by atoms with Gasteiger partial charge >= 0.3 is 5.97 Å². The average Bonchev–Trinajstić information content (AvgIpc) is 2.89. The third-order valence-electron chi connectivity index (χ3n) is 2.98. The minimum absolute atomic E-state index is 0.240. The number of amides is 1. The number of hydrogen-bond acceptors (Lipinski definition) is 3. The van der Waals surface area contributed by atoms with Crippen molar-refractivity contribution in [3.63, 3.8) is 0 Å². The van der Waals surface area contributed by atoms with Crippen molar-refractivity contribution in [2.24, 2.45) is 0 Å². The molecule has 0 aliphatic carbocycles. The maximum Gasteiger partial charge on any atom is 0.323 e. The Bertz CT molecular complexity index is 620. The number of ether oxygens (including phenoxy) is 1. The second-order valence-corrected chi connectivity index (χ2v) is 4.39. The molecule has 0 fully saturated rings. The van der Waals surface area contributed by atoms with Crippen LogP contribution in [-0.4, -0.2) is 53.7 Å². The Kier molecular flexibility index (Phi) is 4.37. The number of H-pyrrole nitrogens is 1. The van der Waals surface area contributed by atoms with E-state index in [1.807, 2.05) is 12.1 Å². The molecule has 0 bridgehead atoms. The molecular weight excluding hydrogens is 260 g/mol. The van der Waals surface area contributed by atoms with Crippen molar-refractivity contribution in [2.45, 2.75) is 0 Å². The molecule has 0 saturated carbocycles. The topological polar surface area (TPSA) is 82.6 Å². The molecule has 2 aromatic rings. The van der Waals surface area contributed by atoms with Gasteiger partial charge < -0.3 is 19.7 Å². The van der Waals surface area contributed by atoms with Crippen molar-refractivity contribution in [3.8, 4) is 0 Å². The lowest BCUT2D eigenvalue weighted by Crippen LogP contribution is -2.38. The van der Waals surface area contributed by atoms with E-state index < -0.39 is 5.97 Å². The van der Waals surface area contributed by atoms with Crippen molar-refractivity contribution in [1.82, 2.24) is 9.88 Å². The van der Waals surface area contributed by atoms with Crippen LogP contribution in [-0.2, 0) is 9.53 Å². The monoisotopic (exact) mass is 276 g/mol. The van der Waals surface area contributed by atoms with Crippen molar-refractivity contribution >= 4 is 22.8 Å². The van der Waals surface area contributed by atoms with Crippen LogP contribution in [0.5, 0.6) is 0 Å². The summed E-state index contributed by atoms with van der Waals surface area (Å²) in [6, 6.07) is 7.15. The standard InChI is InChI=1S/C14H16N2O4/c1-20-7-6-16(9-13(17)18)14(19)11-3-2-10-4-5-15-12(10)8-11/h2-5,8,15H,6-7,9H2,1H3,(H,17,18). The lowest BCUT2D eigenvalue weighted by atomic mass is 10.1. The van der Waals surface area contributed by atoms with Crippen molar-refractivity contribution in [2.75, 3.05) is 26.8 Å². The van der Waals surface area contributed by atoms with Crippen LogP contribution in [0.3, 0.4) is 0 Å². The van der Waals surface area contributed by atoms with Crippen LogP contribution in [0.2, 0.25) is 0 Å². The predicted molar refractivity (Wildman–Crippen MR) is 73.7 cm³/mol. The second kappa shape index (κ2) is 6.21. The summed E-state index contributed by atoms with van der Waals surface area (Å²) in [6.45, 7) is 0.194. The van der Waals surface area contributed by atoms with Gasteiger partial charge in [-0.2, -0.15) is 0 Å². The highest BCUT2D eigenvalue weighted by Gasteiger charge is 2.18. The summed E-state index contributed by atoms with van der Waals surface area (Å²) in [5.41, 5.74) is 1.30. The molecule has 0 aliphatic heterocycles. The molecule has 1 aromatic carbocycles. The van der Waals surface area contributed by atoms with E-state index in [0.717, 1.165) is 10.9 Å². The lowest BCUT2D eigenvalue weighted by molar-refractivity contribution is -0.137. The summed E-state index contributed by atoms with van der Waals surface area (Å²) in [7, 11) is 1.51. The quantitative estimate of drug-likeness (QED) is 0.834. The fourth-order valence-corrected chi connectivity index (χ4v) is 1.98. The van der Waals surface area contributed by atoms with E-state index in [-0.39, 0.29) is 19.0 Å². The SMILES string of the molecule is COCCN(CC(=O)O)C(=O)c1ccc2cc[nH]c2c1. The van der Waals surface area contributed by atoms with Gasteiger partial charge in [-0.05, 0) is 23.6 Å². The number of carbonyl (C=O) groups excluding carboxylic acids is 1. The highest BCUT2D eigenvalue weighted by atomic mass is 16.5. The summed E-state index contributed by atoms with van der Waals surface area (Å²) in [5.74, 6) is -1.36. The van der Waals surface area contributed by atoms with Gasteiger partial charge in [-0.25, -0.2) is 0 Å². The third kappa shape index (κ3) is 3.16. The van der Waals surface area contributed by atoms with E-state index in [4.69, 9.17) is 9.84 Å². The predicted octanol–water partition coefficient (Wildman–Crippen LogP) is 1.34. The van der Waals surface area contributed by atoms with Crippen LogP contribution in [0.1, 0.15) is 10.4 Å². The summed E-state index contributed by atoms with van der Waals surface area (Å²) in [4.78, 5) is 27.5. The minimum Gasteiger partial charge on any atom is -0.480 e. The van der Waals surface area contributed by atoms with Gasteiger partial charge in [0.05, 0.1) is 6.61 Å². The molecule has 0 radical (unpaired) electrons. The largest absolute Gasteiger partial charge is 0.480 e. The van der Waals surface area contributed by atoms with Crippen LogP contribution in [0.15, 0.2) is 30.5 Å².